The molecule has 2 amide bonds. The summed E-state index contributed by atoms with van der Waals surface area (Å²) in [5.41, 5.74) is 6.43. The SMILES string of the molecule is NC(=O)Cc1ccccc1NC(=O)c1ccc(Br)c(F)c1. The Labute approximate surface area is 129 Å². The average Bonchev–Trinajstić information content (AvgIpc) is 2.43. The molecule has 0 saturated heterocycles. The monoisotopic (exact) mass is 350 g/mol. The maximum Gasteiger partial charge on any atom is 0.255 e. The Morgan fingerprint density at radius 3 is 2.57 bits per heavy atom. The summed E-state index contributed by atoms with van der Waals surface area (Å²) >= 11 is 3.03. The standard InChI is InChI=1S/C15H12BrFN2O2/c16-11-6-5-10(7-12(11)17)15(21)19-13-4-2-1-3-9(13)8-14(18)20/h1-7H,8H2,(H2,18,20)(H,19,21). The molecule has 0 saturated carbocycles. The Morgan fingerprint density at radius 1 is 1.19 bits per heavy atom. The number of rotatable bonds is 4. The number of hydrogen-bond acceptors (Lipinski definition) is 2. The number of hydrogen-bond donors (Lipinski definition) is 2. The summed E-state index contributed by atoms with van der Waals surface area (Å²) in [6, 6.07) is 10.9. The number of carbonyl (C=O) groups excluding carboxylic acids is 2. The van der Waals surface area contributed by atoms with Crippen molar-refractivity contribution in [1.29, 1.82) is 0 Å². The molecule has 21 heavy (non-hydrogen) atoms. The molecule has 0 aliphatic rings. The number of primary amides is 1. The lowest BCUT2D eigenvalue weighted by Gasteiger charge is -2.10. The van der Waals surface area contributed by atoms with Crippen molar-refractivity contribution in [3.63, 3.8) is 0 Å². The minimum absolute atomic E-state index is 0.0190. The predicted molar refractivity (Wildman–Crippen MR) is 81.4 cm³/mol. The van der Waals surface area contributed by atoms with E-state index in [0.29, 0.717) is 11.3 Å². The van der Waals surface area contributed by atoms with E-state index in [4.69, 9.17) is 5.73 Å². The van der Waals surface area contributed by atoms with Crippen LogP contribution in [0.25, 0.3) is 0 Å². The second kappa shape index (κ2) is 6.49. The van der Waals surface area contributed by atoms with Crippen LogP contribution in [0, 0.1) is 5.82 Å². The van der Waals surface area contributed by atoms with Gasteiger partial charge in [0, 0.05) is 11.3 Å². The Morgan fingerprint density at radius 2 is 1.90 bits per heavy atom. The smallest absolute Gasteiger partial charge is 0.255 e. The van der Waals surface area contributed by atoms with Crippen LogP contribution in [-0.4, -0.2) is 11.8 Å². The van der Waals surface area contributed by atoms with Crippen LogP contribution in [0.3, 0.4) is 0 Å². The molecule has 108 valence electrons. The molecular weight excluding hydrogens is 339 g/mol. The van der Waals surface area contributed by atoms with Crippen LogP contribution >= 0.6 is 15.9 Å². The van der Waals surface area contributed by atoms with Gasteiger partial charge in [0.2, 0.25) is 5.91 Å². The molecule has 3 N–H and O–H groups in total. The Kier molecular flexibility index (Phi) is 4.70. The fraction of sp³-hybridized carbons (Fsp3) is 0.0667. The third-order valence-corrected chi connectivity index (χ3v) is 3.46. The van der Waals surface area contributed by atoms with Gasteiger partial charge >= 0.3 is 0 Å². The van der Waals surface area contributed by atoms with Gasteiger partial charge in [0.25, 0.3) is 5.91 Å². The summed E-state index contributed by atoms with van der Waals surface area (Å²) in [5, 5.41) is 2.65. The summed E-state index contributed by atoms with van der Waals surface area (Å²) < 4.78 is 13.7. The molecule has 0 heterocycles. The van der Waals surface area contributed by atoms with Gasteiger partial charge in [-0.25, -0.2) is 4.39 Å². The van der Waals surface area contributed by atoms with Crippen molar-refractivity contribution >= 4 is 33.4 Å². The molecule has 0 unspecified atom stereocenters. The zero-order valence-electron chi connectivity index (χ0n) is 10.9. The third-order valence-electron chi connectivity index (χ3n) is 2.81. The number of nitrogens with two attached hydrogens (primary N) is 1. The molecule has 0 radical (unpaired) electrons. The molecule has 0 aliphatic heterocycles. The van der Waals surface area contributed by atoms with Crippen LogP contribution < -0.4 is 11.1 Å². The lowest BCUT2D eigenvalue weighted by atomic mass is 10.1. The first-order valence-electron chi connectivity index (χ1n) is 6.10. The highest BCUT2D eigenvalue weighted by Gasteiger charge is 2.12. The van der Waals surface area contributed by atoms with Gasteiger partial charge in [0.1, 0.15) is 5.82 Å². The molecule has 0 spiro atoms. The van der Waals surface area contributed by atoms with E-state index in [1.807, 2.05) is 0 Å². The molecule has 2 aromatic rings. The van der Waals surface area contributed by atoms with Gasteiger partial charge in [-0.1, -0.05) is 18.2 Å². The van der Waals surface area contributed by atoms with Gasteiger partial charge in [-0.15, -0.1) is 0 Å². The lowest BCUT2D eigenvalue weighted by Crippen LogP contribution is -2.17. The fourth-order valence-electron chi connectivity index (χ4n) is 1.82. The van der Waals surface area contributed by atoms with Crippen molar-refractivity contribution in [2.45, 2.75) is 6.42 Å². The van der Waals surface area contributed by atoms with Gasteiger partial charge in [0.05, 0.1) is 10.9 Å². The highest BCUT2D eigenvalue weighted by Crippen LogP contribution is 2.19. The molecule has 4 nitrogen and oxygen atoms in total. The second-order valence-electron chi connectivity index (χ2n) is 4.38. The van der Waals surface area contributed by atoms with Gasteiger partial charge in [-0.3, -0.25) is 9.59 Å². The van der Waals surface area contributed by atoms with E-state index in [-0.39, 0.29) is 16.5 Å². The van der Waals surface area contributed by atoms with Crippen LogP contribution in [0.15, 0.2) is 46.9 Å². The lowest BCUT2D eigenvalue weighted by molar-refractivity contribution is -0.117. The highest BCUT2D eigenvalue weighted by atomic mass is 79.9. The first-order chi connectivity index (χ1) is 9.97. The number of para-hydroxylation sites is 1. The topological polar surface area (TPSA) is 72.2 Å². The molecule has 0 aliphatic carbocycles. The maximum absolute atomic E-state index is 13.4. The summed E-state index contributed by atoms with van der Waals surface area (Å²) in [6.45, 7) is 0. The van der Waals surface area contributed by atoms with Gasteiger partial charge in [0.15, 0.2) is 0 Å². The summed E-state index contributed by atoms with van der Waals surface area (Å²) in [5.74, 6) is -1.47. The van der Waals surface area contributed by atoms with Crippen molar-refractivity contribution in [2.24, 2.45) is 5.73 Å². The number of benzene rings is 2. The van der Waals surface area contributed by atoms with E-state index in [9.17, 15) is 14.0 Å². The number of nitrogens with one attached hydrogen (secondary N) is 1. The Balaban J connectivity index is 2.23. The Bertz CT molecular complexity index is 704. The first kappa shape index (κ1) is 15.2. The number of halogens is 2. The van der Waals surface area contributed by atoms with E-state index in [0.717, 1.165) is 6.07 Å². The van der Waals surface area contributed by atoms with Crippen molar-refractivity contribution in [3.05, 3.63) is 63.9 Å². The molecule has 0 aromatic heterocycles. The molecule has 0 bridgehead atoms. The van der Waals surface area contributed by atoms with E-state index in [2.05, 4.69) is 21.2 Å². The van der Waals surface area contributed by atoms with Crippen LogP contribution in [0.5, 0.6) is 0 Å². The van der Waals surface area contributed by atoms with E-state index in [1.54, 1.807) is 24.3 Å². The molecular formula is C15H12BrFN2O2. The van der Waals surface area contributed by atoms with Crippen LogP contribution in [0.1, 0.15) is 15.9 Å². The summed E-state index contributed by atoms with van der Waals surface area (Å²) in [6.07, 6.45) is 0.0190. The van der Waals surface area contributed by atoms with E-state index in [1.165, 1.54) is 12.1 Å². The van der Waals surface area contributed by atoms with Crippen molar-refractivity contribution in [3.8, 4) is 0 Å². The minimum Gasteiger partial charge on any atom is -0.369 e. The number of anilines is 1. The van der Waals surface area contributed by atoms with Crippen molar-refractivity contribution in [2.75, 3.05) is 5.32 Å². The zero-order valence-corrected chi connectivity index (χ0v) is 12.5. The highest BCUT2D eigenvalue weighted by molar-refractivity contribution is 9.10. The molecule has 2 rings (SSSR count). The normalized spacial score (nSPS) is 10.2. The van der Waals surface area contributed by atoms with Crippen molar-refractivity contribution < 1.29 is 14.0 Å². The summed E-state index contributed by atoms with van der Waals surface area (Å²) in [4.78, 5) is 23.1. The van der Waals surface area contributed by atoms with Crippen LogP contribution in [0.2, 0.25) is 0 Å². The Hall–Kier alpha value is -2.21. The summed E-state index contributed by atoms with van der Waals surface area (Å²) in [7, 11) is 0. The van der Waals surface area contributed by atoms with Crippen molar-refractivity contribution in [1.82, 2.24) is 0 Å². The maximum atomic E-state index is 13.4. The quantitative estimate of drug-likeness (QED) is 0.889. The third kappa shape index (κ3) is 3.88. The minimum atomic E-state index is -0.520. The van der Waals surface area contributed by atoms with Gasteiger partial charge in [-0.2, -0.15) is 0 Å². The van der Waals surface area contributed by atoms with E-state index < -0.39 is 17.6 Å². The molecule has 0 fully saturated rings. The predicted octanol–water partition coefficient (Wildman–Crippen LogP) is 2.87. The molecule has 0 atom stereocenters. The van der Waals surface area contributed by atoms with Gasteiger partial charge in [-0.05, 0) is 45.8 Å². The second-order valence-corrected chi connectivity index (χ2v) is 5.24. The fourth-order valence-corrected chi connectivity index (χ4v) is 2.06. The number of carbonyl (C=O) groups is 2. The van der Waals surface area contributed by atoms with Gasteiger partial charge < -0.3 is 11.1 Å². The first-order valence-corrected chi connectivity index (χ1v) is 6.89. The molecule has 6 heteroatoms. The van der Waals surface area contributed by atoms with Crippen LogP contribution in [0.4, 0.5) is 10.1 Å². The zero-order chi connectivity index (χ0) is 15.4. The molecule has 2 aromatic carbocycles. The van der Waals surface area contributed by atoms with Crippen LogP contribution in [-0.2, 0) is 11.2 Å². The number of amides is 2. The van der Waals surface area contributed by atoms with E-state index >= 15 is 0 Å². The largest absolute Gasteiger partial charge is 0.369 e. The average molecular weight is 351 g/mol.